The summed E-state index contributed by atoms with van der Waals surface area (Å²) >= 11 is 0. The number of hydrogen-bond acceptors (Lipinski definition) is 6. The van der Waals surface area contributed by atoms with E-state index in [2.05, 4.69) is 34.6 Å². The molecule has 0 aromatic rings. The van der Waals surface area contributed by atoms with Crippen LogP contribution in [0.3, 0.4) is 0 Å². The van der Waals surface area contributed by atoms with Crippen LogP contribution in [0.1, 0.15) is 253 Å². The largest absolute Gasteiger partial charge is 0.462 e. The highest BCUT2D eigenvalue weighted by atomic mass is 16.6. The highest BCUT2D eigenvalue weighted by Crippen LogP contribution is 2.17. The predicted octanol–water partition coefficient (Wildman–Crippen LogP) is 14.6. The van der Waals surface area contributed by atoms with Crippen LogP contribution in [0.25, 0.3) is 0 Å². The number of carbonyl (C=O) groups is 3. The van der Waals surface area contributed by atoms with Crippen LogP contribution in [0.5, 0.6) is 0 Å². The van der Waals surface area contributed by atoms with E-state index < -0.39 is 6.10 Å². The van der Waals surface area contributed by atoms with Gasteiger partial charge in [-0.3, -0.25) is 14.4 Å². The van der Waals surface area contributed by atoms with Gasteiger partial charge in [0.15, 0.2) is 6.10 Å². The van der Waals surface area contributed by atoms with Gasteiger partial charge in [0.25, 0.3) is 0 Å². The Balaban J connectivity index is 4.35. The average Bonchev–Trinajstić information content (AvgIpc) is 3.14. The second-order valence-corrected chi connectivity index (χ2v) is 16.8. The summed E-state index contributed by atoms with van der Waals surface area (Å²) < 4.78 is 16.7. The third-order valence-electron chi connectivity index (χ3n) is 10.8. The van der Waals surface area contributed by atoms with Crippen molar-refractivity contribution < 1.29 is 28.6 Å². The molecule has 0 radical (unpaired) electrons. The summed E-state index contributed by atoms with van der Waals surface area (Å²) in [4.78, 5) is 37.7. The minimum absolute atomic E-state index is 0.0652. The topological polar surface area (TPSA) is 78.9 Å². The van der Waals surface area contributed by atoms with Crippen LogP contribution in [0, 0.1) is 11.8 Å². The monoisotopic (exact) mass is 751 g/mol. The van der Waals surface area contributed by atoms with E-state index in [4.69, 9.17) is 14.2 Å². The van der Waals surface area contributed by atoms with E-state index in [-0.39, 0.29) is 31.1 Å². The Hall–Kier alpha value is -1.59. The van der Waals surface area contributed by atoms with E-state index in [1.54, 1.807) is 0 Å². The van der Waals surface area contributed by atoms with Crippen molar-refractivity contribution in [2.75, 3.05) is 13.2 Å². The quantitative estimate of drug-likeness (QED) is 0.0352. The molecule has 53 heavy (non-hydrogen) atoms. The highest BCUT2D eigenvalue weighted by molar-refractivity contribution is 5.71. The smallest absolute Gasteiger partial charge is 0.306 e. The molecule has 0 N–H and O–H groups in total. The number of hydrogen-bond donors (Lipinski definition) is 0. The minimum atomic E-state index is -0.761. The van der Waals surface area contributed by atoms with Gasteiger partial charge in [-0.1, -0.05) is 214 Å². The number of unbranched alkanes of at least 4 members (excludes halogenated alkanes) is 25. The molecule has 1 unspecified atom stereocenters. The zero-order chi connectivity index (χ0) is 39.0. The Morgan fingerprint density at radius 1 is 0.396 bits per heavy atom. The average molecular weight is 751 g/mol. The van der Waals surface area contributed by atoms with Gasteiger partial charge in [-0.15, -0.1) is 0 Å². The summed E-state index contributed by atoms with van der Waals surface area (Å²) in [7, 11) is 0. The summed E-state index contributed by atoms with van der Waals surface area (Å²) in [5.74, 6) is 0.782. The standard InChI is InChI=1S/C47H90O6/c1-6-8-9-10-11-12-13-14-15-22-27-32-37-45(48)51-40-44(53-47(50)39-34-29-24-18-16-20-25-30-35-42(3)4)41-52-46(49)38-33-28-23-19-17-21-26-31-36-43(5)7-2/h42-44H,6-41H2,1-5H3/t43?,44-/m1/s1. The van der Waals surface area contributed by atoms with Crippen molar-refractivity contribution in [3.05, 3.63) is 0 Å². The third-order valence-corrected chi connectivity index (χ3v) is 10.8. The fourth-order valence-electron chi connectivity index (χ4n) is 6.90. The van der Waals surface area contributed by atoms with Gasteiger partial charge >= 0.3 is 17.9 Å². The number of esters is 3. The van der Waals surface area contributed by atoms with Crippen molar-refractivity contribution >= 4 is 17.9 Å². The van der Waals surface area contributed by atoms with Crippen molar-refractivity contribution in [1.29, 1.82) is 0 Å². The molecule has 6 nitrogen and oxygen atoms in total. The molecule has 6 heteroatoms. The molecule has 314 valence electrons. The maximum Gasteiger partial charge on any atom is 0.306 e. The molecule has 0 heterocycles. The molecule has 0 aromatic heterocycles. The van der Waals surface area contributed by atoms with E-state index in [1.807, 2.05) is 0 Å². The van der Waals surface area contributed by atoms with Crippen LogP contribution >= 0.6 is 0 Å². The lowest BCUT2D eigenvalue weighted by Crippen LogP contribution is -2.30. The van der Waals surface area contributed by atoms with E-state index in [1.165, 1.54) is 141 Å². The Bertz CT molecular complexity index is 811. The summed E-state index contributed by atoms with van der Waals surface area (Å²) in [6.45, 7) is 11.3. The summed E-state index contributed by atoms with van der Waals surface area (Å²) in [5, 5.41) is 0. The first-order valence-electron chi connectivity index (χ1n) is 23.3. The van der Waals surface area contributed by atoms with Crippen LogP contribution in [0.2, 0.25) is 0 Å². The van der Waals surface area contributed by atoms with Gasteiger partial charge < -0.3 is 14.2 Å². The molecule has 0 amide bonds. The Kier molecular flexibility index (Phi) is 38.9. The molecule has 0 saturated heterocycles. The molecule has 0 saturated carbocycles. The zero-order valence-corrected chi connectivity index (χ0v) is 36.1. The predicted molar refractivity (Wildman–Crippen MR) is 224 cm³/mol. The first kappa shape index (κ1) is 51.4. The number of carbonyl (C=O) groups excluding carboxylic acids is 3. The van der Waals surface area contributed by atoms with Gasteiger partial charge in [0.2, 0.25) is 0 Å². The van der Waals surface area contributed by atoms with Gasteiger partial charge in [0, 0.05) is 19.3 Å². The second kappa shape index (κ2) is 40.1. The Morgan fingerprint density at radius 3 is 1.08 bits per heavy atom. The lowest BCUT2D eigenvalue weighted by molar-refractivity contribution is -0.167. The van der Waals surface area contributed by atoms with Gasteiger partial charge in [-0.2, -0.15) is 0 Å². The molecular weight excluding hydrogens is 661 g/mol. The maximum atomic E-state index is 12.7. The highest BCUT2D eigenvalue weighted by Gasteiger charge is 2.19. The van der Waals surface area contributed by atoms with Crippen LogP contribution < -0.4 is 0 Å². The maximum absolute atomic E-state index is 12.7. The molecule has 0 spiro atoms. The van der Waals surface area contributed by atoms with E-state index in [0.29, 0.717) is 19.3 Å². The van der Waals surface area contributed by atoms with Crippen molar-refractivity contribution in [3.63, 3.8) is 0 Å². The zero-order valence-electron chi connectivity index (χ0n) is 36.1. The normalized spacial score (nSPS) is 12.6. The van der Waals surface area contributed by atoms with E-state index in [0.717, 1.165) is 69.6 Å². The van der Waals surface area contributed by atoms with Crippen LogP contribution in [0.4, 0.5) is 0 Å². The van der Waals surface area contributed by atoms with E-state index in [9.17, 15) is 14.4 Å². The van der Waals surface area contributed by atoms with Gasteiger partial charge in [-0.05, 0) is 31.1 Å². The van der Waals surface area contributed by atoms with Crippen molar-refractivity contribution in [3.8, 4) is 0 Å². The lowest BCUT2D eigenvalue weighted by Gasteiger charge is -2.18. The fourth-order valence-corrected chi connectivity index (χ4v) is 6.90. The number of ether oxygens (including phenoxy) is 3. The molecule has 0 bridgehead atoms. The molecule has 0 aliphatic carbocycles. The Labute approximate surface area is 329 Å². The van der Waals surface area contributed by atoms with Crippen LogP contribution in [0.15, 0.2) is 0 Å². The summed E-state index contributed by atoms with van der Waals surface area (Å²) in [6, 6.07) is 0. The van der Waals surface area contributed by atoms with Crippen LogP contribution in [-0.2, 0) is 28.6 Å². The Morgan fingerprint density at radius 2 is 0.717 bits per heavy atom. The van der Waals surface area contributed by atoms with Gasteiger partial charge in [-0.25, -0.2) is 0 Å². The van der Waals surface area contributed by atoms with Crippen molar-refractivity contribution in [2.45, 2.75) is 259 Å². The lowest BCUT2D eigenvalue weighted by atomic mass is 9.99. The van der Waals surface area contributed by atoms with Gasteiger partial charge in [0.1, 0.15) is 13.2 Å². The summed E-state index contributed by atoms with van der Waals surface area (Å²) in [6.07, 6.45) is 38.0. The van der Waals surface area contributed by atoms with Crippen LogP contribution in [-0.4, -0.2) is 37.2 Å². The van der Waals surface area contributed by atoms with Crippen molar-refractivity contribution in [1.82, 2.24) is 0 Å². The van der Waals surface area contributed by atoms with Crippen molar-refractivity contribution in [2.24, 2.45) is 11.8 Å². The third kappa shape index (κ3) is 39.9. The molecule has 2 atom stereocenters. The number of rotatable bonds is 41. The molecule has 0 aliphatic rings. The second-order valence-electron chi connectivity index (χ2n) is 16.8. The molecule has 0 rings (SSSR count). The molecule has 0 fully saturated rings. The molecule has 0 aliphatic heterocycles. The SMILES string of the molecule is CCCCCCCCCCCCCCC(=O)OC[C@H](COC(=O)CCCCCCCCCCC(C)CC)OC(=O)CCCCCCCCCCC(C)C. The first-order valence-corrected chi connectivity index (χ1v) is 23.3. The summed E-state index contributed by atoms with van der Waals surface area (Å²) in [5.41, 5.74) is 0. The fraction of sp³-hybridized carbons (Fsp3) is 0.936. The molecule has 0 aromatic carbocycles. The van der Waals surface area contributed by atoms with Gasteiger partial charge in [0.05, 0.1) is 0 Å². The first-order chi connectivity index (χ1) is 25.8. The van der Waals surface area contributed by atoms with E-state index >= 15 is 0 Å². The molecular formula is C47H90O6. The minimum Gasteiger partial charge on any atom is -0.462 e.